The molecule has 1 aliphatic heterocycles. The molecule has 19 nitrogen and oxygen atoms in total. The molecule has 1 amide bonds. The second-order valence-electron chi connectivity index (χ2n) is 8.28. The maximum absolute atomic E-state index is 12.2. The maximum Gasteiger partial charge on any atom is 0.481 e. The quantitative estimate of drug-likeness (QED) is 0.0721. The number of phosphoric acid groups is 2. The van der Waals surface area contributed by atoms with Gasteiger partial charge in [-0.3, -0.25) is 18.4 Å². The van der Waals surface area contributed by atoms with E-state index in [1.54, 1.807) is 0 Å². The van der Waals surface area contributed by atoms with Crippen molar-refractivity contribution in [3.63, 3.8) is 0 Å². The van der Waals surface area contributed by atoms with Crippen molar-refractivity contribution in [2.75, 3.05) is 25.6 Å². The van der Waals surface area contributed by atoms with Crippen LogP contribution in [0.3, 0.4) is 0 Å². The van der Waals surface area contributed by atoms with Crippen LogP contribution in [0.25, 0.3) is 11.2 Å². The number of fused-ring (bicyclic) bond motifs is 1. The molecule has 0 spiro atoms. The van der Waals surface area contributed by atoms with Crippen molar-refractivity contribution in [1.29, 1.82) is 0 Å². The number of carbonyl (C=O) groups excluding carboxylic acids is 1. The molecule has 1 fully saturated rings. The lowest BCUT2D eigenvalue weighted by atomic mass is 10.1. The molecule has 0 aromatic carbocycles. The van der Waals surface area contributed by atoms with Gasteiger partial charge < -0.3 is 40.9 Å². The highest BCUT2D eigenvalue weighted by Gasteiger charge is 2.49. The Bertz CT molecular complexity index is 1460. The summed E-state index contributed by atoms with van der Waals surface area (Å²) >= 11 is 0. The Kier molecular flexibility index (Phi) is 9.23. The number of nitrogens with zero attached hydrogens (tertiary/aromatic N) is 5. The zero-order valence-electron chi connectivity index (χ0n) is 20.4. The molecule has 0 aliphatic carbocycles. The van der Waals surface area contributed by atoms with E-state index in [2.05, 4.69) is 28.3 Å². The molecule has 1 saturated heterocycles. The van der Waals surface area contributed by atoms with Gasteiger partial charge >= 0.3 is 15.6 Å². The summed E-state index contributed by atoms with van der Waals surface area (Å²) in [5.74, 6) is -0.560. The fourth-order valence-corrected chi connectivity index (χ4v) is 5.68. The number of aromatic nitrogens is 5. The van der Waals surface area contributed by atoms with Crippen molar-refractivity contribution in [3.8, 4) is 0 Å². The lowest BCUT2D eigenvalue weighted by molar-refractivity contribution is -0.765. The molecule has 218 valence electrons. The van der Waals surface area contributed by atoms with Crippen molar-refractivity contribution in [3.05, 3.63) is 42.7 Å². The van der Waals surface area contributed by atoms with Crippen LogP contribution in [0.4, 0.5) is 5.82 Å². The molecule has 8 N–H and O–H groups in total. The van der Waals surface area contributed by atoms with Crippen LogP contribution in [-0.2, 0) is 38.7 Å². The van der Waals surface area contributed by atoms with Crippen LogP contribution in [0.1, 0.15) is 16.6 Å². The lowest BCUT2D eigenvalue weighted by Crippen LogP contribution is -2.46. The number of ether oxygens (including phenoxy) is 2. The number of nitrogens with two attached hydrogens (primary N) is 2. The summed E-state index contributed by atoms with van der Waals surface area (Å²) in [4.78, 5) is 42.9. The SMILES string of the molecule is NC(=O)c1ccc[n+]([C@@H]2O[C@H](COP(=O)(O)OP(=O)(O)OCCOCn3cnc4c(N)ncnc43)[C@@H](O)[C@H]2O)c1. The zero-order chi connectivity index (χ0) is 29.1. The second kappa shape index (κ2) is 12.3. The number of imidazole rings is 1. The summed E-state index contributed by atoms with van der Waals surface area (Å²) in [6.07, 6.45) is -0.341. The van der Waals surface area contributed by atoms with Crippen LogP contribution in [0.15, 0.2) is 37.2 Å². The summed E-state index contributed by atoms with van der Waals surface area (Å²) < 4.78 is 51.4. The van der Waals surface area contributed by atoms with Gasteiger partial charge in [-0.15, -0.1) is 0 Å². The largest absolute Gasteiger partial charge is 0.481 e. The number of aliphatic hydroxyl groups is 2. The first kappa shape index (κ1) is 30.0. The molecule has 3 aromatic rings. The Morgan fingerprint density at radius 3 is 2.62 bits per heavy atom. The number of rotatable bonds is 13. The first-order valence-corrected chi connectivity index (χ1v) is 14.3. The van der Waals surface area contributed by atoms with Crippen molar-refractivity contribution in [1.82, 2.24) is 19.5 Å². The molecule has 1 aliphatic rings. The Balaban J connectivity index is 1.23. The summed E-state index contributed by atoms with van der Waals surface area (Å²) in [6, 6.07) is 2.88. The van der Waals surface area contributed by atoms with Crippen LogP contribution < -0.4 is 16.0 Å². The number of nitrogen functional groups attached to an aromatic ring is 1. The van der Waals surface area contributed by atoms with Crippen LogP contribution in [0, 0.1) is 0 Å². The third-order valence-corrected chi connectivity index (χ3v) is 8.12. The third-order valence-electron chi connectivity index (χ3n) is 5.49. The lowest BCUT2D eigenvalue weighted by Gasteiger charge is -2.18. The monoisotopic (exact) mass is 606 g/mol. The maximum atomic E-state index is 12.2. The highest BCUT2D eigenvalue weighted by molar-refractivity contribution is 7.61. The van der Waals surface area contributed by atoms with Crippen molar-refractivity contribution in [2.45, 2.75) is 31.3 Å². The molecule has 2 unspecified atom stereocenters. The van der Waals surface area contributed by atoms with Gasteiger partial charge in [0.25, 0.3) is 12.1 Å². The number of primary amides is 1. The van der Waals surface area contributed by atoms with Gasteiger partial charge in [0.15, 0.2) is 30.0 Å². The zero-order valence-corrected chi connectivity index (χ0v) is 22.2. The smallest absolute Gasteiger partial charge is 0.387 e. The predicted octanol–water partition coefficient (Wildman–Crippen LogP) is -1.66. The summed E-state index contributed by atoms with van der Waals surface area (Å²) in [5, 5.41) is 20.6. The van der Waals surface area contributed by atoms with Gasteiger partial charge in [0.2, 0.25) is 0 Å². The molecule has 3 aromatic heterocycles. The van der Waals surface area contributed by atoms with Gasteiger partial charge in [0.05, 0.1) is 26.1 Å². The number of pyridine rings is 1. The highest BCUT2D eigenvalue weighted by atomic mass is 31.3. The average Bonchev–Trinajstić information content (AvgIpc) is 3.43. The standard InChI is InChI=1S/C19H25N7O12P2/c20-16-13-18(23-8-22-16)26(9-24-13)10-34-4-5-35-39(30,31)38-40(32,33)36-7-12-14(27)15(28)19(37-12)25-3-1-2-11(6-25)17(21)29/h1-3,6,8-9,12,14-15,19,27-28H,4-5,7,10H2,(H5-,20,21,22,23,29,30,31,32,33)/p+1/t12-,14-,15-,19-/m1/s1. The van der Waals surface area contributed by atoms with E-state index >= 15 is 0 Å². The first-order chi connectivity index (χ1) is 18.9. The van der Waals surface area contributed by atoms with E-state index in [0.29, 0.717) is 11.2 Å². The van der Waals surface area contributed by atoms with Crippen LogP contribution in [-0.4, -0.2) is 83.6 Å². The van der Waals surface area contributed by atoms with Gasteiger partial charge in [-0.2, -0.15) is 8.88 Å². The van der Waals surface area contributed by atoms with Crippen molar-refractivity contribution >= 4 is 38.5 Å². The molecule has 0 radical (unpaired) electrons. The number of hydrogen-bond acceptors (Lipinski definition) is 14. The molecule has 40 heavy (non-hydrogen) atoms. The summed E-state index contributed by atoms with van der Waals surface area (Å²) in [5.41, 5.74) is 11.8. The summed E-state index contributed by atoms with van der Waals surface area (Å²) in [7, 11) is -10.3. The minimum atomic E-state index is -5.21. The fourth-order valence-electron chi connectivity index (χ4n) is 3.62. The number of amides is 1. The third kappa shape index (κ3) is 7.22. The average molecular weight is 606 g/mol. The number of carbonyl (C=O) groups is 1. The number of hydrogen-bond donors (Lipinski definition) is 6. The normalized spacial score (nSPS) is 24.1. The molecule has 4 rings (SSSR count). The minimum absolute atomic E-state index is 0.0732. The van der Waals surface area contributed by atoms with Crippen molar-refractivity contribution in [2.24, 2.45) is 5.73 Å². The van der Waals surface area contributed by atoms with Gasteiger partial charge in [-0.1, -0.05) is 0 Å². The number of aliphatic hydroxyl groups excluding tert-OH is 2. The highest BCUT2D eigenvalue weighted by Crippen LogP contribution is 2.60. The number of anilines is 1. The van der Waals surface area contributed by atoms with E-state index in [1.165, 1.54) is 46.3 Å². The van der Waals surface area contributed by atoms with Gasteiger partial charge in [-0.25, -0.2) is 24.1 Å². The van der Waals surface area contributed by atoms with Crippen LogP contribution in [0.2, 0.25) is 0 Å². The van der Waals surface area contributed by atoms with Crippen LogP contribution in [0.5, 0.6) is 0 Å². The van der Waals surface area contributed by atoms with E-state index in [9.17, 15) is 33.9 Å². The number of phosphoric ester groups is 2. The van der Waals surface area contributed by atoms with Crippen molar-refractivity contribution < 1.29 is 61.3 Å². The van der Waals surface area contributed by atoms with Gasteiger partial charge in [0.1, 0.15) is 36.3 Å². The molecule has 0 saturated carbocycles. The predicted molar refractivity (Wildman–Crippen MR) is 129 cm³/mol. The molecular formula is C19H26N7O12P2+. The molecule has 6 atom stereocenters. The Labute approximate surface area is 225 Å². The molecule has 4 heterocycles. The van der Waals surface area contributed by atoms with E-state index in [-0.39, 0.29) is 24.7 Å². The van der Waals surface area contributed by atoms with Gasteiger partial charge in [-0.05, 0) is 6.07 Å². The van der Waals surface area contributed by atoms with Crippen LogP contribution >= 0.6 is 15.6 Å². The van der Waals surface area contributed by atoms with E-state index in [4.69, 9.17) is 20.9 Å². The molecule has 0 bridgehead atoms. The molecule has 21 heteroatoms. The topological polar surface area (TPSA) is 278 Å². The Morgan fingerprint density at radius 1 is 1.12 bits per heavy atom. The Hall–Kier alpha value is -2.93. The van der Waals surface area contributed by atoms with E-state index in [1.807, 2.05) is 0 Å². The second-order valence-corrected chi connectivity index (χ2v) is 11.3. The van der Waals surface area contributed by atoms with Gasteiger partial charge in [0, 0.05) is 6.07 Å². The Morgan fingerprint density at radius 2 is 1.88 bits per heavy atom. The summed E-state index contributed by atoms with van der Waals surface area (Å²) in [6.45, 7) is -1.65. The first-order valence-electron chi connectivity index (χ1n) is 11.3. The molecular weight excluding hydrogens is 580 g/mol. The minimum Gasteiger partial charge on any atom is -0.387 e. The van der Waals surface area contributed by atoms with E-state index in [0.717, 1.165) is 0 Å². The fraction of sp³-hybridized carbons (Fsp3) is 0.421. The van der Waals surface area contributed by atoms with E-state index < -0.39 is 59.3 Å².